The van der Waals surface area contributed by atoms with Crippen molar-refractivity contribution in [2.75, 3.05) is 0 Å². The van der Waals surface area contributed by atoms with E-state index < -0.39 is 8.25 Å². The Balaban J connectivity index is 0.00000432. The molecule has 3 rings (SSSR count). The Morgan fingerprint density at radius 1 is 0.600 bits per heavy atom. The third kappa shape index (κ3) is 6.35. The molecule has 0 bridgehead atoms. The largest absolute Gasteiger partial charge is 0.805 e. The minimum Gasteiger partial charge on any atom is -0.222 e. The molecule has 1 aliphatic heterocycles. The molecular weight excluding hydrogens is 462 g/mol. The minimum absolute atomic E-state index is 0. The van der Waals surface area contributed by atoms with Gasteiger partial charge in [0.1, 0.15) is 0 Å². The Kier molecular flexibility index (Phi) is 8.49. The summed E-state index contributed by atoms with van der Waals surface area (Å²) < 4.78 is 25.6. The molecule has 1 aliphatic rings. The average molecular weight is 507 g/mol. The van der Waals surface area contributed by atoms with E-state index in [9.17, 15) is 4.57 Å². The van der Waals surface area contributed by atoms with Crippen molar-refractivity contribution in [3.8, 4) is 11.5 Å². The van der Waals surface area contributed by atoms with Crippen molar-refractivity contribution in [2.45, 2.75) is 118 Å². The predicted octanol–water partition coefficient (Wildman–Crippen LogP) is 9.08. The monoisotopic (exact) mass is 506 g/mol. The van der Waals surface area contributed by atoms with Gasteiger partial charge in [-0.2, -0.15) is 0 Å². The zero-order chi connectivity index (χ0) is 26.0. The summed E-state index contributed by atoms with van der Waals surface area (Å²) in [6, 6.07) is 8.97. The second kappa shape index (κ2) is 9.79. The van der Waals surface area contributed by atoms with Crippen LogP contribution in [-0.2, 0) is 26.2 Å². The molecule has 0 spiro atoms. The van der Waals surface area contributed by atoms with E-state index in [1.807, 2.05) is 0 Å². The summed E-state index contributed by atoms with van der Waals surface area (Å²) in [5.41, 5.74) is 6.42. The van der Waals surface area contributed by atoms with Gasteiger partial charge < -0.3 is 0 Å². The van der Waals surface area contributed by atoms with Crippen LogP contribution in [0.25, 0.3) is 0 Å². The van der Waals surface area contributed by atoms with E-state index in [-0.39, 0.29) is 57.1 Å². The van der Waals surface area contributed by atoms with Crippen molar-refractivity contribution in [3.63, 3.8) is 0 Å². The number of fused-ring (bicyclic) bond motifs is 2. The molecule has 1 heterocycles. The fourth-order valence-corrected chi connectivity index (χ4v) is 5.21. The van der Waals surface area contributed by atoms with E-state index in [0.29, 0.717) is 11.5 Å². The van der Waals surface area contributed by atoms with Crippen LogP contribution in [0.15, 0.2) is 24.3 Å². The third-order valence-electron chi connectivity index (χ3n) is 6.85. The normalized spacial score (nSPS) is 17.7. The van der Waals surface area contributed by atoms with E-state index in [1.54, 1.807) is 0 Å². The van der Waals surface area contributed by atoms with Crippen LogP contribution in [0, 0.1) is 0 Å². The third-order valence-corrected chi connectivity index (χ3v) is 7.51. The van der Waals surface area contributed by atoms with Crippen molar-refractivity contribution in [2.24, 2.45) is 0 Å². The first-order valence-corrected chi connectivity index (χ1v) is 13.5. The SMILES string of the molecule is CC1c2cc(C(C)(C)C)cc(C(C)(C)C)c2O[P+](=O)Oc2c1cc(C(C)(C)C)cc2C(C)(C)C.[Na]. The van der Waals surface area contributed by atoms with E-state index in [0.717, 1.165) is 22.3 Å². The van der Waals surface area contributed by atoms with Crippen LogP contribution >= 0.6 is 8.25 Å². The molecule has 2 aromatic carbocycles. The fourth-order valence-electron chi connectivity index (χ4n) is 4.47. The van der Waals surface area contributed by atoms with Crippen molar-refractivity contribution in [3.05, 3.63) is 57.6 Å². The molecule has 0 amide bonds. The van der Waals surface area contributed by atoms with Crippen LogP contribution < -0.4 is 9.05 Å². The standard InChI is InChI=1S/C30H44O3P.Na/c1-18-21-14-19(27(2,3)4)16-23(29(8,9)10)25(21)32-34(31)33-26-22(18)15-20(28(5,6)7)17-24(26)30(11,12)13;/h14-18H,1-13H3;/q+1;. The average Bonchev–Trinajstić information content (AvgIpc) is 2.63. The van der Waals surface area contributed by atoms with Crippen LogP contribution in [0.1, 0.15) is 129 Å². The number of benzene rings is 2. The summed E-state index contributed by atoms with van der Waals surface area (Å²) in [6.45, 7) is 28.7. The number of hydrogen-bond acceptors (Lipinski definition) is 3. The van der Waals surface area contributed by atoms with Gasteiger partial charge in [-0.3, -0.25) is 0 Å². The van der Waals surface area contributed by atoms with Crippen molar-refractivity contribution < 1.29 is 13.6 Å². The van der Waals surface area contributed by atoms with Gasteiger partial charge in [0.25, 0.3) is 0 Å². The molecule has 2 aromatic rings. The summed E-state index contributed by atoms with van der Waals surface area (Å²) in [5.74, 6) is 1.43. The topological polar surface area (TPSA) is 35.5 Å². The fraction of sp³-hybridized carbons (Fsp3) is 0.600. The molecule has 0 fully saturated rings. The van der Waals surface area contributed by atoms with Gasteiger partial charge in [0.05, 0.1) is 0 Å². The first-order chi connectivity index (χ1) is 15.2. The van der Waals surface area contributed by atoms with Crippen molar-refractivity contribution >= 4 is 37.8 Å². The molecule has 0 unspecified atom stereocenters. The van der Waals surface area contributed by atoms with Crippen LogP contribution in [0.4, 0.5) is 0 Å². The summed E-state index contributed by atoms with van der Waals surface area (Å²) in [6.07, 6.45) is 0. The minimum atomic E-state index is -2.38. The molecule has 35 heavy (non-hydrogen) atoms. The van der Waals surface area contributed by atoms with Gasteiger partial charge in [-0.1, -0.05) is 114 Å². The molecule has 0 saturated carbocycles. The van der Waals surface area contributed by atoms with E-state index >= 15 is 0 Å². The van der Waals surface area contributed by atoms with Gasteiger partial charge in [-0.15, -0.1) is 0 Å². The van der Waals surface area contributed by atoms with Crippen molar-refractivity contribution in [1.82, 2.24) is 0 Å². The zero-order valence-electron chi connectivity index (χ0n) is 24.6. The molecular formula is C30H44NaO3P+. The van der Waals surface area contributed by atoms with Gasteiger partial charge in [-0.25, -0.2) is 9.05 Å². The Bertz CT molecular complexity index is 1040. The first kappa shape index (κ1) is 30.4. The Morgan fingerprint density at radius 3 is 1.17 bits per heavy atom. The molecule has 0 atom stereocenters. The maximum Gasteiger partial charge on any atom is 0.805 e. The Labute approximate surface area is 237 Å². The van der Waals surface area contributed by atoms with Crippen LogP contribution in [0.3, 0.4) is 0 Å². The maximum atomic E-state index is 13.3. The number of hydrogen-bond donors (Lipinski definition) is 0. The molecule has 0 aliphatic carbocycles. The van der Waals surface area contributed by atoms with E-state index in [2.05, 4.69) is 114 Å². The summed E-state index contributed by atoms with van der Waals surface area (Å²) in [5, 5.41) is 0. The zero-order valence-corrected chi connectivity index (χ0v) is 27.5. The van der Waals surface area contributed by atoms with Crippen molar-refractivity contribution in [1.29, 1.82) is 0 Å². The summed E-state index contributed by atoms with van der Waals surface area (Å²) in [7, 11) is -2.38. The molecule has 187 valence electrons. The quantitative estimate of drug-likeness (QED) is 0.264. The van der Waals surface area contributed by atoms with Gasteiger partial charge in [-0.05, 0) is 32.8 Å². The summed E-state index contributed by atoms with van der Waals surface area (Å²) in [4.78, 5) is 0. The van der Waals surface area contributed by atoms with Crippen LogP contribution in [-0.4, -0.2) is 29.6 Å². The molecule has 0 N–H and O–H groups in total. The summed E-state index contributed by atoms with van der Waals surface area (Å²) >= 11 is 0. The Morgan fingerprint density at radius 2 is 0.914 bits per heavy atom. The van der Waals surface area contributed by atoms with Gasteiger partial charge in [0.2, 0.25) is 0 Å². The second-order valence-corrected chi connectivity index (χ2v) is 14.8. The number of rotatable bonds is 0. The molecule has 0 aromatic heterocycles. The maximum absolute atomic E-state index is 13.3. The Hall–Kier alpha value is -0.860. The van der Waals surface area contributed by atoms with Crippen LogP contribution in [0.2, 0.25) is 0 Å². The smallest absolute Gasteiger partial charge is 0.222 e. The predicted molar refractivity (Wildman–Crippen MR) is 150 cm³/mol. The van der Waals surface area contributed by atoms with E-state index in [4.69, 9.17) is 9.05 Å². The molecule has 5 heteroatoms. The van der Waals surface area contributed by atoms with Gasteiger partial charge in [0.15, 0.2) is 11.5 Å². The van der Waals surface area contributed by atoms with Gasteiger partial charge in [0, 0.05) is 62.3 Å². The molecule has 1 radical (unpaired) electrons. The molecule has 3 nitrogen and oxygen atoms in total. The molecule has 0 saturated heterocycles. The van der Waals surface area contributed by atoms with Gasteiger partial charge >= 0.3 is 8.25 Å². The van der Waals surface area contributed by atoms with E-state index in [1.165, 1.54) is 11.1 Å². The second-order valence-electron chi connectivity index (χ2n) is 14.0. The van der Waals surface area contributed by atoms with Crippen LogP contribution in [0.5, 0.6) is 11.5 Å². The first-order valence-electron chi connectivity index (χ1n) is 12.4.